The fourth-order valence-electron chi connectivity index (χ4n) is 3.24. The molecule has 18 heavy (non-hydrogen) atoms. The molecule has 3 nitrogen and oxygen atoms in total. The van der Waals surface area contributed by atoms with Crippen molar-refractivity contribution in [2.24, 2.45) is 5.92 Å². The van der Waals surface area contributed by atoms with E-state index >= 15 is 0 Å². The Morgan fingerprint density at radius 3 is 2.33 bits per heavy atom. The van der Waals surface area contributed by atoms with E-state index in [1.165, 1.54) is 57.8 Å². The van der Waals surface area contributed by atoms with E-state index in [4.69, 9.17) is 0 Å². The summed E-state index contributed by atoms with van der Waals surface area (Å²) in [6.07, 6.45) is 11.4. The van der Waals surface area contributed by atoms with Gasteiger partial charge in [0, 0.05) is 19.1 Å². The first-order valence-corrected chi connectivity index (χ1v) is 7.81. The average Bonchev–Trinajstić information content (AvgIpc) is 2.32. The van der Waals surface area contributed by atoms with Gasteiger partial charge in [0.2, 0.25) is 0 Å². The van der Waals surface area contributed by atoms with E-state index in [0.29, 0.717) is 12.0 Å². The van der Waals surface area contributed by atoms with E-state index < -0.39 is 0 Å². The van der Waals surface area contributed by atoms with Crippen molar-refractivity contribution >= 4 is 6.03 Å². The second-order valence-electron chi connectivity index (χ2n) is 6.18. The molecule has 1 aliphatic carbocycles. The third-order valence-corrected chi connectivity index (χ3v) is 4.38. The summed E-state index contributed by atoms with van der Waals surface area (Å²) in [6.45, 7) is 4.14. The van der Waals surface area contributed by atoms with Gasteiger partial charge in [-0.2, -0.15) is 0 Å². The Labute approximate surface area is 111 Å². The second-order valence-corrected chi connectivity index (χ2v) is 6.18. The number of piperidine rings is 1. The SMILES string of the molecule is CC1CCCN(C(=O)NC2CCCCCCC2)C1. The topological polar surface area (TPSA) is 32.3 Å². The third kappa shape index (κ3) is 4.18. The van der Waals surface area contributed by atoms with Crippen molar-refractivity contribution in [2.45, 2.75) is 70.8 Å². The molecule has 1 heterocycles. The molecular formula is C15H28N2O. The molecule has 0 bridgehead atoms. The predicted octanol–water partition coefficient (Wildman–Crippen LogP) is 3.54. The highest BCUT2D eigenvalue weighted by Crippen LogP contribution is 2.19. The first-order chi connectivity index (χ1) is 8.75. The fraction of sp³-hybridized carbons (Fsp3) is 0.933. The van der Waals surface area contributed by atoms with Crippen LogP contribution in [0.3, 0.4) is 0 Å². The van der Waals surface area contributed by atoms with Gasteiger partial charge >= 0.3 is 6.03 Å². The number of rotatable bonds is 1. The van der Waals surface area contributed by atoms with Crippen LogP contribution in [0.1, 0.15) is 64.7 Å². The van der Waals surface area contributed by atoms with Crippen LogP contribution >= 0.6 is 0 Å². The normalized spacial score (nSPS) is 27.4. The third-order valence-electron chi connectivity index (χ3n) is 4.38. The van der Waals surface area contributed by atoms with E-state index in [-0.39, 0.29) is 6.03 Å². The molecule has 3 heteroatoms. The molecule has 2 fully saturated rings. The van der Waals surface area contributed by atoms with Gasteiger partial charge in [-0.3, -0.25) is 0 Å². The Balaban J connectivity index is 1.77. The summed E-state index contributed by atoms with van der Waals surface area (Å²) in [6, 6.07) is 0.613. The van der Waals surface area contributed by atoms with Gasteiger partial charge < -0.3 is 10.2 Å². The zero-order valence-electron chi connectivity index (χ0n) is 11.8. The zero-order chi connectivity index (χ0) is 12.8. The number of amides is 2. The van der Waals surface area contributed by atoms with Crippen LogP contribution in [0.2, 0.25) is 0 Å². The van der Waals surface area contributed by atoms with E-state index in [2.05, 4.69) is 12.2 Å². The molecule has 1 N–H and O–H groups in total. The van der Waals surface area contributed by atoms with Crippen LogP contribution in [-0.4, -0.2) is 30.1 Å². The number of carbonyl (C=O) groups excluding carboxylic acids is 1. The molecule has 0 aromatic rings. The van der Waals surface area contributed by atoms with Crippen molar-refractivity contribution in [3.8, 4) is 0 Å². The highest BCUT2D eigenvalue weighted by atomic mass is 16.2. The van der Waals surface area contributed by atoms with Crippen LogP contribution in [0.25, 0.3) is 0 Å². The zero-order valence-corrected chi connectivity index (χ0v) is 11.8. The molecule has 1 unspecified atom stereocenters. The summed E-state index contributed by atoms with van der Waals surface area (Å²) in [5, 5.41) is 3.26. The van der Waals surface area contributed by atoms with Crippen LogP contribution < -0.4 is 5.32 Å². The van der Waals surface area contributed by atoms with Crippen LogP contribution in [0.4, 0.5) is 4.79 Å². The number of carbonyl (C=O) groups is 1. The summed E-state index contributed by atoms with van der Waals surface area (Å²) >= 11 is 0. The van der Waals surface area contributed by atoms with Crippen molar-refractivity contribution in [1.82, 2.24) is 10.2 Å². The van der Waals surface area contributed by atoms with Crippen molar-refractivity contribution in [3.05, 3.63) is 0 Å². The molecule has 1 saturated heterocycles. The minimum absolute atomic E-state index is 0.187. The number of nitrogens with zero attached hydrogens (tertiary/aromatic N) is 1. The van der Waals surface area contributed by atoms with E-state index in [1.54, 1.807) is 0 Å². The van der Waals surface area contributed by atoms with Gasteiger partial charge in [-0.25, -0.2) is 4.79 Å². The maximum atomic E-state index is 12.2. The minimum atomic E-state index is 0.187. The van der Waals surface area contributed by atoms with Crippen molar-refractivity contribution in [3.63, 3.8) is 0 Å². The number of hydrogen-bond donors (Lipinski definition) is 1. The van der Waals surface area contributed by atoms with Gasteiger partial charge in [-0.1, -0.05) is 39.0 Å². The lowest BCUT2D eigenvalue weighted by Gasteiger charge is -2.32. The van der Waals surface area contributed by atoms with Gasteiger partial charge in [0.25, 0.3) is 0 Å². The Morgan fingerprint density at radius 2 is 1.67 bits per heavy atom. The highest BCUT2D eigenvalue weighted by Gasteiger charge is 2.23. The van der Waals surface area contributed by atoms with Crippen LogP contribution in [-0.2, 0) is 0 Å². The summed E-state index contributed by atoms with van der Waals surface area (Å²) in [5.74, 6) is 0.668. The van der Waals surface area contributed by atoms with Crippen LogP contribution in [0.5, 0.6) is 0 Å². The quantitative estimate of drug-likeness (QED) is 0.760. The van der Waals surface area contributed by atoms with E-state index in [0.717, 1.165) is 13.1 Å². The van der Waals surface area contributed by atoms with Gasteiger partial charge in [0.1, 0.15) is 0 Å². The molecule has 1 aliphatic heterocycles. The average molecular weight is 252 g/mol. The summed E-state index contributed by atoms with van der Waals surface area (Å²) in [4.78, 5) is 14.2. The summed E-state index contributed by atoms with van der Waals surface area (Å²) in [5.41, 5.74) is 0. The lowest BCUT2D eigenvalue weighted by molar-refractivity contribution is 0.164. The molecule has 2 aliphatic rings. The van der Waals surface area contributed by atoms with Crippen molar-refractivity contribution in [1.29, 1.82) is 0 Å². The Bertz CT molecular complexity index is 259. The molecule has 1 atom stereocenters. The number of likely N-dealkylation sites (tertiary alicyclic amines) is 1. The smallest absolute Gasteiger partial charge is 0.317 e. The molecule has 0 aromatic heterocycles. The Hall–Kier alpha value is -0.730. The van der Waals surface area contributed by atoms with Gasteiger partial charge in [-0.05, 0) is 31.6 Å². The lowest BCUT2D eigenvalue weighted by atomic mass is 9.96. The molecule has 2 rings (SSSR count). The molecule has 0 aromatic carbocycles. The first kappa shape index (κ1) is 13.7. The number of urea groups is 1. The predicted molar refractivity (Wildman–Crippen MR) is 74.6 cm³/mol. The standard InChI is InChI=1S/C15H28N2O/c1-13-8-7-11-17(12-13)15(18)16-14-9-5-3-2-4-6-10-14/h13-14H,2-12H2,1H3,(H,16,18). The van der Waals surface area contributed by atoms with Gasteiger partial charge in [0.05, 0.1) is 0 Å². The minimum Gasteiger partial charge on any atom is -0.335 e. The largest absolute Gasteiger partial charge is 0.335 e. The Kier molecular flexibility index (Phi) is 5.33. The van der Waals surface area contributed by atoms with E-state index in [1.807, 2.05) is 4.90 Å². The number of nitrogens with one attached hydrogen (secondary N) is 1. The molecule has 0 radical (unpaired) electrons. The Morgan fingerprint density at radius 1 is 1.00 bits per heavy atom. The highest BCUT2D eigenvalue weighted by molar-refractivity contribution is 5.74. The molecule has 1 saturated carbocycles. The second kappa shape index (κ2) is 7.01. The van der Waals surface area contributed by atoms with Crippen molar-refractivity contribution in [2.75, 3.05) is 13.1 Å². The van der Waals surface area contributed by atoms with Crippen LogP contribution in [0.15, 0.2) is 0 Å². The number of hydrogen-bond acceptors (Lipinski definition) is 1. The lowest BCUT2D eigenvalue weighted by Crippen LogP contribution is -2.48. The van der Waals surface area contributed by atoms with Crippen molar-refractivity contribution < 1.29 is 4.79 Å². The van der Waals surface area contributed by atoms with Crippen LogP contribution in [0, 0.1) is 5.92 Å². The molecule has 0 spiro atoms. The maximum absolute atomic E-state index is 12.2. The monoisotopic (exact) mass is 252 g/mol. The molecule has 104 valence electrons. The van der Waals surface area contributed by atoms with E-state index in [9.17, 15) is 4.79 Å². The summed E-state index contributed by atoms with van der Waals surface area (Å²) in [7, 11) is 0. The summed E-state index contributed by atoms with van der Waals surface area (Å²) < 4.78 is 0. The van der Waals surface area contributed by atoms with Gasteiger partial charge in [0.15, 0.2) is 0 Å². The fourth-order valence-corrected chi connectivity index (χ4v) is 3.24. The molecular weight excluding hydrogens is 224 g/mol. The van der Waals surface area contributed by atoms with Gasteiger partial charge in [-0.15, -0.1) is 0 Å². The maximum Gasteiger partial charge on any atom is 0.317 e. The first-order valence-electron chi connectivity index (χ1n) is 7.81. The molecule has 2 amide bonds.